The summed E-state index contributed by atoms with van der Waals surface area (Å²) in [4.78, 5) is 0. The van der Waals surface area contributed by atoms with Crippen LogP contribution in [-0.4, -0.2) is 5.11 Å². The van der Waals surface area contributed by atoms with Crippen LogP contribution in [0.3, 0.4) is 0 Å². The first-order valence-corrected chi connectivity index (χ1v) is 5.62. The van der Waals surface area contributed by atoms with Gasteiger partial charge in [-0.1, -0.05) is 60.7 Å². The molecule has 0 heterocycles. The molecule has 1 nitrogen and oxygen atoms in total. The normalized spacial score (nSPS) is 10.6. The van der Waals surface area contributed by atoms with E-state index in [4.69, 9.17) is 0 Å². The molecule has 0 bridgehead atoms. The summed E-state index contributed by atoms with van der Waals surface area (Å²) in [5.41, 5.74) is 1.95. The van der Waals surface area contributed by atoms with Gasteiger partial charge in [-0.2, -0.15) is 0 Å². The number of benzene rings is 3. The van der Waals surface area contributed by atoms with Gasteiger partial charge in [0.1, 0.15) is 5.75 Å². The SMILES string of the molecule is Oc1ccccc1-c1cccc2ccccc12. The van der Waals surface area contributed by atoms with Gasteiger partial charge < -0.3 is 5.11 Å². The number of rotatable bonds is 1. The second-order valence-electron chi connectivity index (χ2n) is 4.04. The van der Waals surface area contributed by atoms with Crippen molar-refractivity contribution in [2.24, 2.45) is 0 Å². The summed E-state index contributed by atoms with van der Waals surface area (Å²) in [6, 6.07) is 21.8. The van der Waals surface area contributed by atoms with Gasteiger partial charge >= 0.3 is 0 Å². The number of phenols is 1. The Hall–Kier alpha value is -2.28. The minimum Gasteiger partial charge on any atom is -0.507 e. The highest BCUT2D eigenvalue weighted by Gasteiger charge is 2.06. The maximum atomic E-state index is 9.92. The second-order valence-corrected chi connectivity index (χ2v) is 4.04. The lowest BCUT2D eigenvalue weighted by atomic mass is 9.98. The molecule has 0 aromatic heterocycles. The second kappa shape index (κ2) is 3.95. The number of phenolic OH excluding ortho intramolecular Hbond substituents is 1. The minimum absolute atomic E-state index is 0.323. The molecule has 0 unspecified atom stereocenters. The molecule has 0 fully saturated rings. The molecular formula is C16H12O. The van der Waals surface area contributed by atoms with Gasteiger partial charge in [0.15, 0.2) is 0 Å². The number of fused-ring (bicyclic) bond motifs is 1. The van der Waals surface area contributed by atoms with E-state index in [1.165, 1.54) is 5.39 Å². The van der Waals surface area contributed by atoms with Crippen molar-refractivity contribution in [1.29, 1.82) is 0 Å². The van der Waals surface area contributed by atoms with Crippen LogP contribution in [0.25, 0.3) is 21.9 Å². The lowest BCUT2D eigenvalue weighted by Gasteiger charge is -2.08. The van der Waals surface area contributed by atoms with Crippen LogP contribution in [0.5, 0.6) is 5.75 Å². The number of hydrogen-bond donors (Lipinski definition) is 1. The Morgan fingerprint density at radius 2 is 1.24 bits per heavy atom. The van der Waals surface area contributed by atoms with Crippen molar-refractivity contribution in [2.75, 3.05) is 0 Å². The van der Waals surface area contributed by atoms with Crippen LogP contribution in [0.1, 0.15) is 0 Å². The Kier molecular flexibility index (Phi) is 2.30. The molecule has 0 aliphatic rings. The van der Waals surface area contributed by atoms with Crippen molar-refractivity contribution in [1.82, 2.24) is 0 Å². The van der Waals surface area contributed by atoms with Crippen molar-refractivity contribution in [3.05, 3.63) is 66.7 Å². The van der Waals surface area contributed by atoms with Crippen molar-refractivity contribution in [2.45, 2.75) is 0 Å². The molecule has 0 radical (unpaired) electrons. The van der Waals surface area contributed by atoms with Gasteiger partial charge in [0, 0.05) is 5.56 Å². The number of para-hydroxylation sites is 1. The van der Waals surface area contributed by atoms with Gasteiger partial charge in [0.05, 0.1) is 0 Å². The smallest absolute Gasteiger partial charge is 0.123 e. The van der Waals surface area contributed by atoms with E-state index in [0.29, 0.717) is 5.75 Å². The van der Waals surface area contributed by atoms with E-state index in [1.807, 2.05) is 42.5 Å². The van der Waals surface area contributed by atoms with Crippen LogP contribution in [0.4, 0.5) is 0 Å². The zero-order valence-corrected chi connectivity index (χ0v) is 9.30. The molecule has 3 rings (SSSR count). The van der Waals surface area contributed by atoms with Gasteiger partial charge in [-0.15, -0.1) is 0 Å². The molecule has 1 N–H and O–H groups in total. The van der Waals surface area contributed by atoms with E-state index < -0.39 is 0 Å². The summed E-state index contributed by atoms with van der Waals surface area (Å²) < 4.78 is 0. The fraction of sp³-hybridized carbons (Fsp3) is 0. The van der Waals surface area contributed by atoms with Crippen molar-refractivity contribution in [3.63, 3.8) is 0 Å². The average molecular weight is 220 g/mol. The van der Waals surface area contributed by atoms with Crippen LogP contribution in [0.2, 0.25) is 0 Å². The first kappa shape index (κ1) is 9.91. The number of hydrogen-bond acceptors (Lipinski definition) is 1. The molecule has 3 aromatic carbocycles. The molecule has 0 aliphatic carbocycles. The fourth-order valence-corrected chi connectivity index (χ4v) is 2.16. The average Bonchev–Trinajstić information content (AvgIpc) is 2.39. The quantitative estimate of drug-likeness (QED) is 0.651. The highest BCUT2D eigenvalue weighted by Crippen LogP contribution is 2.33. The van der Waals surface area contributed by atoms with E-state index in [0.717, 1.165) is 16.5 Å². The molecule has 0 atom stereocenters. The first-order chi connectivity index (χ1) is 8.36. The van der Waals surface area contributed by atoms with Crippen molar-refractivity contribution >= 4 is 10.8 Å². The highest BCUT2D eigenvalue weighted by atomic mass is 16.3. The molecular weight excluding hydrogens is 208 g/mol. The third-order valence-corrected chi connectivity index (χ3v) is 2.98. The Bertz CT molecular complexity index is 666. The van der Waals surface area contributed by atoms with Crippen molar-refractivity contribution in [3.8, 4) is 16.9 Å². The summed E-state index contributed by atoms with van der Waals surface area (Å²) in [5.74, 6) is 0.323. The maximum absolute atomic E-state index is 9.92. The maximum Gasteiger partial charge on any atom is 0.123 e. The fourth-order valence-electron chi connectivity index (χ4n) is 2.16. The minimum atomic E-state index is 0.323. The predicted molar refractivity (Wildman–Crippen MR) is 71.0 cm³/mol. The topological polar surface area (TPSA) is 20.2 Å². The number of aromatic hydroxyl groups is 1. The Balaban J connectivity index is 2.35. The molecule has 17 heavy (non-hydrogen) atoms. The molecule has 0 spiro atoms. The molecule has 3 aromatic rings. The lowest BCUT2D eigenvalue weighted by molar-refractivity contribution is 0.477. The lowest BCUT2D eigenvalue weighted by Crippen LogP contribution is -1.81. The zero-order valence-electron chi connectivity index (χ0n) is 9.30. The summed E-state index contributed by atoms with van der Waals surface area (Å²) in [7, 11) is 0. The monoisotopic (exact) mass is 220 g/mol. The van der Waals surface area contributed by atoms with Gasteiger partial charge in [0.2, 0.25) is 0 Å². The van der Waals surface area contributed by atoms with Crippen LogP contribution in [0, 0.1) is 0 Å². The Morgan fingerprint density at radius 3 is 2.12 bits per heavy atom. The molecule has 0 aliphatic heterocycles. The van der Waals surface area contributed by atoms with E-state index in [-0.39, 0.29) is 0 Å². The largest absolute Gasteiger partial charge is 0.507 e. The molecule has 0 saturated carbocycles. The summed E-state index contributed by atoms with van der Waals surface area (Å²) in [6.07, 6.45) is 0. The summed E-state index contributed by atoms with van der Waals surface area (Å²) in [5, 5.41) is 12.3. The van der Waals surface area contributed by atoms with Gasteiger partial charge in [0.25, 0.3) is 0 Å². The Morgan fingerprint density at radius 1 is 0.588 bits per heavy atom. The highest BCUT2D eigenvalue weighted by molar-refractivity contribution is 5.97. The van der Waals surface area contributed by atoms with Gasteiger partial charge in [-0.25, -0.2) is 0 Å². The first-order valence-electron chi connectivity index (χ1n) is 5.62. The third kappa shape index (κ3) is 1.66. The van der Waals surface area contributed by atoms with E-state index >= 15 is 0 Å². The van der Waals surface area contributed by atoms with Gasteiger partial charge in [-0.05, 0) is 22.4 Å². The van der Waals surface area contributed by atoms with Crippen molar-refractivity contribution < 1.29 is 5.11 Å². The van der Waals surface area contributed by atoms with E-state index in [2.05, 4.69) is 18.2 Å². The third-order valence-electron chi connectivity index (χ3n) is 2.98. The standard InChI is InChI=1S/C16H12O/c17-16-11-4-3-9-15(16)14-10-5-7-12-6-1-2-8-13(12)14/h1-11,17H. The summed E-state index contributed by atoms with van der Waals surface area (Å²) in [6.45, 7) is 0. The predicted octanol–water partition coefficient (Wildman–Crippen LogP) is 4.21. The van der Waals surface area contributed by atoms with E-state index in [1.54, 1.807) is 6.07 Å². The van der Waals surface area contributed by atoms with Crippen LogP contribution in [0.15, 0.2) is 66.7 Å². The molecule has 1 heteroatoms. The van der Waals surface area contributed by atoms with Crippen LogP contribution in [-0.2, 0) is 0 Å². The molecule has 82 valence electrons. The van der Waals surface area contributed by atoms with Gasteiger partial charge in [-0.3, -0.25) is 0 Å². The molecule has 0 amide bonds. The summed E-state index contributed by atoms with van der Waals surface area (Å²) >= 11 is 0. The van der Waals surface area contributed by atoms with E-state index in [9.17, 15) is 5.11 Å². The molecule has 0 saturated heterocycles. The Labute approximate surface area is 100.0 Å². The zero-order chi connectivity index (χ0) is 11.7. The van der Waals surface area contributed by atoms with Crippen LogP contribution < -0.4 is 0 Å². The van der Waals surface area contributed by atoms with Crippen LogP contribution >= 0.6 is 0 Å².